The molecule has 1 saturated heterocycles. The third kappa shape index (κ3) is 3.00. The third-order valence-electron chi connectivity index (χ3n) is 5.50. The van der Waals surface area contributed by atoms with Gasteiger partial charge in [-0.25, -0.2) is 0 Å². The molecule has 1 aliphatic heterocycles. The average Bonchev–Trinajstić information content (AvgIpc) is 3.18. The molecule has 146 valence electrons. The minimum absolute atomic E-state index is 0.0380. The molecule has 4 aromatic rings. The van der Waals surface area contributed by atoms with Crippen LogP contribution in [-0.4, -0.2) is 51.5 Å². The Kier molecular flexibility index (Phi) is 4.01. The van der Waals surface area contributed by atoms with Gasteiger partial charge < -0.3 is 24.3 Å². The van der Waals surface area contributed by atoms with Gasteiger partial charge in [-0.05, 0) is 42.5 Å². The van der Waals surface area contributed by atoms with Gasteiger partial charge in [0, 0.05) is 38.1 Å². The molecule has 0 spiro atoms. The van der Waals surface area contributed by atoms with Gasteiger partial charge in [0.1, 0.15) is 11.4 Å². The molecule has 1 aliphatic rings. The molecule has 2 aromatic carbocycles. The summed E-state index contributed by atoms with van der Waals surface area (Å²) in [6.45, 7) is 2.68. The number of aromatic amines is 1. The Morgan fingerprint density at radius 1 is 0.966 bits per heavy atom. The van der Waals surface area contributed by atoms with Crippen LogP contribution in [0.4, 0.5) is 5.69 Å². The Morgan fingerprint density at radius 2 is 1.69 bits per heavy atom. The number of nitrogens with one attached hydrogen (secondary N) is 1. The van der Waals surface area contributed by atoms with E-state index < -0.39 is 0 Å². The van der Waals surface area contributed by atoms with Gasteiger partial charge >= 0.3 is 0 Å². The second-order valence-electron chi connectivity index (χ2n) is 7.25. The van der Waals surface area contributed by atoms with E-state index >= 15 is 0 Å². The lowest BCUT2D eigenvalue weighted by atomic mass is 10.2. The van der Waals surface area contributed by atoms with E-state index in [4.69, 9.17) is 0 Å². The fraction of sp³-hybridized carbons (Fsp3) is 0.182. The van der Waals surface area contributed by atoms with Gasteiger partial charge in [-0.15, -0.1) is 0 Å². The monoisotopic (exact) mass is 388 g/mol. The van der Waals surface area contributed by atoms with Crippen LogP contribution in [0.2, 0.25) is 0 Å². The number of para-hydroxylation sites is 1. The molecule has 29 heavy (non-hydrogen) atoms. The van der Waals surface area contributed by atoms with Crippen molar-refractivity contribution in [2.45, 2.75) is 0 Å². The largest absolute Gasteiger partial charge is 0.508 e. The van der Waals surface area contributed by atoms with Crippen LogP contribution in [0.1, 0.15) is 10.4 Å². The molecule has 1 fully saturated rings. The number of aromatic hydroxyl groups is 1. The van der Waals surface area contributed by atoms with Gasteiger partial charge in [0.2, 0.25) is 0 Å². The molecule has 7 nitrogen and oxygen atoms in total. The summed E-state index contributed by atoms with van der Waals surface area (Å²) in [5.41, 5.74) is 2.83. The standard InChI is InChI=1S/C22H20N4O3/c27-17-7-5-16(6-8-17)24-9-11-25(12-10-24)22(29)15-13-20-23-21(28)18-3-1-2-4-19(18)26(20)14-15/h1-8,13-14,27H,9-12H2,(H,23,28). The summed E-state index contributed by atoms with van der Waals surface area (Å²) in [5, 5.41) is 10.0. The summed E-state index contributed by atoms with van der Waals surface area (Å²) < 4.78 is 1.86. The van der Waals surface area contributed by atoms with Crippen molar-refractivity contribution < 1.29 is 9.90 Å². The Morgan fingerprint density at radius 3 is 2.45 bits per heavy atom. The molecule has 0 radical (unpaired) electrons. The molecule has 5 rings (SSSR count). The number of benzene rings is 2. The van der Waals surface area contributed by atoms with E-state index in [0.29, 0.717) is 29.7 Å². The Bertz CT molecular complexity index is 1260. The lowest BCUT2D eigenvalue weighted by molar-refractivity contribution is 0.0747. The predicted octanol–water partition coefficient (Wildman–Crippen LogP) is 2.45. The Labute approximate surface area is 166 Å². The van der Waals surface area contributed by atoms with Crippen molar-refractivity contribution in [2.75, 3.05) is 31.1 Å². The number of rotatable bonds is 2. The van der Waals surface area contributed by atoms with Gasteiger partial charge in [-0.2, -0.15) is 0 Å². The number of fused-ring (bicyclic) bond motifs is 3. The fourth-order valence-corrected chi connectivity index (χ4v) is 3.95. The van der Waals surface area contributed by atoms with E-state index in [-0.39, 0.29) is 17.2 Å². The molecule has 3 heterocycles. The quantitative estimate of drug-likeness (QED) is 0.553. The summed E-state index contributed by atoms with van der Waals surface area (Å²) in [6, 6.07) is 16.2. The van der Waals surface area contributed by atoms with Gasteiger partial charge in [0.15, 0.2) is 0 Å². The highest BCUT2D eigenvalue weighted by Gasteiger charge is 2.23. The normalized spacial score (nSPS) is 14.6. The minimum atomic E-state index is -0.160. The number of carbonyl (C=O) groups excluding carboxylic acids is 1. The zero-order valence-electron chi connectivity index (χ0n) is 15.7. The molecule has 0 aliphatic carbocycles. The number of piperazine rings is 1. The zero-order valence-corrected chi connectivity index (χ0v) is 15.7. The number of aromatic nitrogens is 2. The topological polar surface area (TPSA) is 81.1 Å². The molecule has 0 unspecified atom stereocenters. The van der Waals surface area contributed by atoms with Crippen molar-refractivity contribution in [2.24, 2.45) is 0 Å². The SMILES string of the molecule is O=C(c1cc2[nH]c(=O)c3ccccc3n2c1)N1CCN(c2ccc(O)cc2)CC1. The lowest BCUT2D eigenvalue weighted by Gasteiger charge is -2.36. The minimum Gasteiger partial charge on any atom is -0.508 e. The molecule has 1 amide bonds. The number of nitrogens with zero attached hydrogens (tertiary/aromatic N) is 3. The van der Waals surface area contributed by atoms with Crippen molar-refractivity contribution in [1.82, 2.24) is 14.3 Å². The summed E-state index contributed by atoms with van der Waals surface area (Å²) >= 11 is 0. The maximum atomic E-state index is 13.0. The average molecular weight is 388 g/mol. The van der Waals surface area contributed by atoms with Crippen LogP contribution in [0, 0.1) is 0 Å². The van der Waals surface area contributed by atoms with E-state index in [1.54, 1.807) is 30.5 Å². The zero-order chi connectivity index (χ0) is 20.0. The number of carbonyl (C=O) groups is 1. The Balaban J connectivity index is 1.38. The lowest BCUT2D eigenvalue weighted by Crippen LogP contribution is -2.48. The molecular formula is C22H20N4O3. The van der Waals surface area contributed by atoms with Crippen molar-refractivity contribution in [1.29, 1.82) is 0 Å². The first-order valence-electron chi connectivity index (χ1n) is 9.56. The summed E-state index contributed by atoms with van der Waals surface area (Å²) in [7, 11) is 0. The maximum Gasteiger partial charge on any atom is 0.258 e. The number of phenolic OH excluding ortho intramolecular Hbond substituents is 1. The fourth-order valence-electron chi connectivity index (χ4n) is 3.95. The Hall–Kier alpha value is -3.74. The summed E-state index contributed by atoms with van der Waals surface area (Å²) in [6.07, 6.45) is 1.79. The van der Waals surface area contributed by atoms with Crippen LogP contribution in [0.25, 0.3) is 16.6 Å². The highest BCUT2D eigenvalue weighted by molar-refractivity contribution is 5.96. The van der Waals surface area contributed by atoms with E-state index in [2.05, 4.69) is 9.88 Å². The highest BCUT2D eigenvalue weighted by atomic mass is 16.3. The number of H-pyrrole nitrogens is 1. The van der Waals surface area contributed by atoms with Gasteiger partial charge in [-0.1, -0.05) is 12.1 Å². The van der Waals surface area contributed by atoms with E-state index in [0.717, 1.165) is 24.3 Å². The van der Waals surface area contributed by atoms with Crippen molar-refractivity contribution >= 4 is 28.1 Å². The van der Waals surface area contributed by atoms with Crippen LogP contribution in [0.15, 0.2) is 65.6 Å². The van der Waals surface area contributed by atoms with Gasteiger partial charge in [0.05, 0.1) is 16.5 Å². The van der Waals surface area contributed by atoms with Crippen molar-refractivity contribution in [3.8, 4) is 5.75 Å². The van der Waals surface area contributed by atoms with E-state index in [1.807, 2.05) is 39.6 Å². The summed E-state index contributed by atoms with van der Waals surface area (Å²) in [4.78, 5) is 32.2. The maximum absolute atomic E-state index is 13.0. The molecular weight excluding hydrogens is 368 g/mol. The highest BCUT2D eigenvalue weighted by Crippen LogP contribution is 2.21. The molecule has 7 heteroatoms. The number of phenols is 1. The van der Waals surface area contributed by atoms with E-state index in [9.17, 15) is 14.7 Å². The van der Waals surface area contributed by atoms with Gasteiger partial charge in [-0.3, -0.25) is 9.59 Å². The smallest absolute Gasteiger partial charge is 0.258 e. The molecule has 2 aromatic heterocycles. The number of amides is 1. The predicted molar refractivity (Wildman–Crippen MR) is 112 cm³/mol. The second-order valence-corrected chi connectivity index (χ2v) is 7.25. The van der Waals surface area contributed by atoms with Crippen molar-refractivity contribution in [3.05, 3.63) is 76.7 Å². The molecule has 0 bridgehead atoms. The van der Waals surface area contributed by atoms with Crippen LogP contribution < -0.4 is 10.5 Å². The molecule has 2 N–H and O–H groups in total. The first kappa shape index (κ1) is 17.4. The van der Waals surface area contributed by atoms with E-state index in [1.165, 1.54) is 0 Å². The number of hydrogen-bond donors (Lipinski definition) is 2. The van der Waals surface area contributed by atoms with Crippen LogP contribution in [0.3, 0.4) is 0 Å². The third-order valence-corrected chi connectivity index (χ3v) is 5.50. The van der Waals surface area contributed by atoms with Crippen LogP contribution in [-0.2, 0) is 0 Å². The number of anilines is 1. The van der Waals surface area contributed by atoms with Crippen LogP contribution in [0.5, 0.6) is 5.75 Å². The second kappa shape index (κ2) is 6.70. The molecule has 0 atom stereocenters. The van der Waals surface area contributed by atoms with Gasteiger partial charge in [0.25, 0.3) is 11.5 Å². The first-order chi connectivity index (χ1) is 14.1. The number of hydrogen-bond acceptors (Lipinski definition) is 4. The van der Waals surface area contributed by atoms with Crippen LogP contribution >= 0.6 is 0 Å². The first-order valence-corrected chi connectivity index (χ1v) is 9.56. The van der Waals surface area contributed by atoms with Crippen molar-refractivity contribution in [3.63, 3.8) is 0 Å². The molecule has 0 saturated carbocycles. The summed E-state index contributed by atoms with van der Waals surface area (Å²) in [5.74, 6) is 0.206.